The SMILES string of the molecule is NC1CCN(c2n[nH]c(-c3ccc4nccnc4c3)n2)C1. The minimum Gasteiger partial charge on any atom is -0.338 e. The van der Waals surface area contributed by atoms with E-state index in [0.717, 1.165) is 41.9 Å². The molecule has 0 spiro atoms. The van der Waals surface area contributed by atoms with Crippen LogP contribution in [0.2, 0.25) is 0 Å². The average Bonchev–Trinajstić information content (AvgIpc) is 3.15. The lowest BCUT2D eigenvalue weighted by Crippen LogP contribution is -2.26. The van der Waals surface area contributed by atoms with Gasteiger partial charge in [-0.3, -0.25) is 15.1 Å². The molecule has 0 amide bonds. The van der Waals surface area contributed by atoms with Crippen molar-refractivity contribution >= 4 is 17.0 Å². The Kier molecular flexibility index (Phi) is 2.78. The number of nitrogens with two attached hydrogens (primary N) is 1. The molecule has 1 fully saturated rings. The summed E-state index contributed by atoms with van der Waals surface area (Å²) in [6.45, 7) is 1.71. The Hall–Kier alpha value is -2.54. The first kappa shape index (κ1) is 12.2. The molecule has 1 unspecified atom stereocenters. The van der Waals surface area contributed by atoms with Crippen LogP contribution in [-0.2, 0) is 0 Å². The number of benzene rings is 1. The number of anilines is 1. The van der Waals surface area contributed by atoms with E-state index in [2.05, 4.69) is 30.0 Å². The molecule has 3 heterocycles. The van der Waals surface area contributed by atoms with Gasteiger partial charge in [-0.2, -0.15) is 4.98 Å². The van der Waals surface area contributed by atoms with E-state index in [9.17, 15) is 0 Å². The fourth-order valence-corrected chi connectivity index (χ4v) is 2.60. The number of nitrogens with zero attached hydrogens (tertiary/aromatic N) is 5. The van der Waals surface area contributed by atoms with E-state index < -0.39 is 0 Å². The number of H-pyrrole nitrogens is 1. The van der Waals surface area contributed by atoms with Gasteiger partial charge in [-0.15, -0.1) is 5.10 Å². The van der Waals surface area contributed by atoms with Crippen molar-refractivity contribution in [3.63, 3.8) is 0 Å². The Balaban J connectivity index is 1.67. The summed E-state index contributed by atoms with van der Waals surface area (Å²) >= 11 is 0. The number of hydrogen-bond acceptors (Lipinski definition) is 6. The van der Waals surface area contributed by atoms with Gasteiger partial charge in [-0.1, -0.05) is 0 Å². The standard InChI is InChI=1S/C14H15N7/c15-10-3-6-21(8-10)14-18-13(19-20-14)9-1-2-11-12(7-9)17-5-4-16-11/h1-2,4-5,7,10H,3,6,8,15H2,(H,18,19,20). The van der Waals surface area contributed by atoms with Crippen LogP contribution < -0.4 is 10.6 Å². The summed E-state index contributed by atoms with van der Waals surface area (Å²) in [6.07, 6.45) is 4.35. The van der Waals surface area contributed by atoms with Crippen LogP contribution in [0.1, 0.15) is 6.42 Å². The highest BCUT2D eigenvalue weighted by Gasteiger charge is 2.22. The predicted octanol–water partition coefficient (Wildman–Crippen LogP) is 0.952. The van der Waals surface area contributed by atoms with Crippen LogP contribution in [0.3, 0.4) is 0 Å². The smallest absolute Gasteiger partial charge is 0.245 e. The molecule has 2 aromatic heterocycles. The van der Waals surface area contributed by atoms with Gasteiger partial charge in [0.15, 0.2) is 5.82 Å². The lowest BCUT2D eigenvalue weighted by molar-refractivity contribution is 0.750. The molecular weight excluding hydrogens is 266 g/mol. The van der Waals surface area contributed by atoms with E-state index in [1.54, 1.807) is 12.4 Å². The third kappa shape index (κ3) is 2.21. The van der Waals surface area contributed by atoms with Crippen LogP contribution in [0, 0.1) is 0 Å². The zero-order chi connectivity index (χ0) is 14.2. The molecular formula is C14H15N7. The summed E-state index contributed by atoms with van der Waals surface area (Å²) in [5.74, 6) is 1.44. The Morgan fingerprint density at radius 1 is 1.19 bits per heavy atom. The van der Waals surface area contributed by atoms with Crippen LogP contribution in [0.5, 0.6) is 0 Å². The van der Waals surface area contributed by atoms with Gasteiger partial charge < -0.3 is 10.6 Å². The van der Waals surface area contributed by atoms with Gasteiger partial charge in [0.2, 0.25) is 5.95 Å². The first-order valence-electron chi connectivity index (χ1n) is 6.94. The quantitative estimate of drug-likeness (QED) is 0.726. The van der Waals surface area contributed by atoms with E-state index in [0.29, 0.717) is 5.95 Å². The summed E-state index contributed by atoms with van der Waals surface area (Å²) in [4.78, 5) is 15.2. The molecule has 1 aromatic carbocycles. The van der Waals surface area contributed by atoms with Crippen molar-refractivity contribution in [1.29, 1.82) is 0 Å². The highest BCUT2D eigenvalue weighted by atomic mass is 15.4. The first-order chi connectivity index (χ1) is 10.3. The van der Waals surface area contributed by atoms with Crippen LogP contribution in [-0.4, -0.2) is 44.3 Å². The maximum atomic E-state index is 5.92. The predicted molar refractivity (Wildman–Crippen MR) is 79.7 cm³/mol. The molecule has 1 saturated heterocycles. The first-order valence-corrected chi connectivity index (χ1v) is 6.94. The number of aromatic amines is 1. The average molecular weight is 281 g/mol. The number of aromatic nitrogens is 5. The van der Waals surface area contributed by atoms with Gasteiger partial charge in [-0.05, 0) is 24.6 Å². The van der Waals surface area contributed by atoms with Crippen LogP contribution >= 0.6 is 0 Å². The van der Waals surface area contributed by atoms with Gasteiger partial charge in [0.25, 0.3) is 0 Å². The maximum Gasteiger partial charge on any atom is 0.245 e. The Morgan fingerprint density at radius 3 is 2.86 bits per heavy atom. The van der Waals surface area contributed by atoms with Crippen molar-refractivity contribution in [2.24, 2.45) is 5.73 Å². The summed E-state index contributed by atoms with van der Waals surface area (Å²) in [6, 6.07) is 6.08. The third-order valence-electron chi connectivity index (χ3n) is 3.72. The Bertz CT molecular complexity index is 782. The molecule has 3 N–H and O–H groups in total. The topological polar surface area (TPSA) is 96.6 Å². The molecule has 7 heteroatoms. The van der Waals surface area contributed by atoms with E-state index in [1.807, 2.05) is 18.2 Å². The zero-order valence-electron chi connectivity index (χ0n) is 11.4. The fourth-order valence-electron chi connectivity index (χ4n) is 2.60. The van der Waals surface area contributed by atoms with E-state index in [4.69, 9.17) is 5.73 Å². The molecule has 21 heavy (non-hydrogen) atoms. The van der Waals surface area contributed by atoms with Crippen LogP contribution in [0.15, 0.2) is 30.6 Å². The van der Waals surface area contributed by atoms with Crippen molar-refractivity contribution in [1.82, 2.24) is 25.1 Å². The van der Waals surface area contributed by atoms with Crippen molar-refractivity contribution in [2.75, 3.05) is 18.0 Å². The van der Waals surface area contributed by atoms with Crippen LogP contribution in [0.25, 0.3) is 22.4 Å². The minimum atomic E-state index is 0.211. The van der Waals surface area contributed by atoms with Crippen molar-refractivity contribution in [3.8, 4) is 11.4 Å². The summed E-state index contributed by atoms with van der Waals surface area (Å²) in [5.41, 5.74) is 8.58. The van der Waals surface area contributed by atoms with Gasteiger partial charge in [-0.25, -0.2) is 0 Å². The molecule has 1 aliphatic rings. The molecule has 7 nitrogen and oxygen atoms in total. The van der Waals surface area contributed by atoms with Gasteiger partial charge in [0.05, 0.1) is 11.0 Å². The number of hydrogen-bond donors (Lipinski definition) is 2. The number of rotatable bonds is 2. The molecule has 106 valence electrons. The Morgan fingerprint density at radius 2 is 2.05 bits per heavy atom. The second-order valence-electron chi connectivity index (χ2n) is 5.24. The third-order valence-corrected chi connectivity index (χ3v) is 3.72. The molecule has 1 atom stereocenters. The lowest BCUT2D eigenvalue weighted by Gasteiger charge is -2.11. The van der Waals surface area contributed by atoms with Gasteiger partial charge in [0.1, 0.15) is 0 Å². The Labute approximate surface area is 121 Å². The van der Waals surface area contributed by atoms with Crippen molar-refractivity contribution < 1.29 is 0 Å². The minimum absolute atomic E-state index is 0.211. The van der Waals surface area contributed by atoms with E-state index in [-0.39, 0.29) is 6.04 Å². The molecule has 0 radical (unpaired) electrons. The fraction of sp³-hybridized carbons (Fsp3) is 0.286. The maximum absolute atomic E-state index is 5.92. The monoisotopic (exact) mass is 281 g/mol. The molecule has 1 aliphatic heterocycles. The molecule has 4 rings (SSSR count). The second kappa shape index (κ2) is 4.78. The molecule has 0 aliphatic carbocycles. The zero-order valence-corrected chi connectivity index (χ0v) is 11.4. The summed E-state index contributed by atoms with van der Waals surface area (Å²) in [5, 5.41) is 7.27. The highest BCUT2D eigenvalue weighted by molar-refractivity contribution is 5.79. The summed E-state index contributed by atoms with van der Waals surface area (Å²) < 4.78 is 0. The van der Waals surface area contributed by atoms with Crippen LogP contribution in [0.4, 0.5) is 5.95 Å². The number of fused-ring (bicyclic) bond motifs is 1. The second-order valence-corrected chi connectivity index (χ2v) is 5.24. The van der Waals surface area contributed by atoms with Crippen molar-refractivity contribution in [3.05, 3.63) is 30.6 Å². The highest BCUT2D eigenvalue weighted by Crippen LogP contribution is 2.22. The molecule has 0 saturated carbocycles. The largest absolute Gasteiger partial charge is 0.338 e. The van der Waals surface area contributed by atoms with E-state index >= 15 is 0 Å². The van der Waals surface area contributed by atoms with E-state index in [1.165, 1.54) is 0 Å². The molecule has 3 aromatic rings. The van der Waals surface area contributed by atoms with Gasteiger partial charge in [0, 0.05) is 37.1 Å². The lowest BCUT2D eigenvalue weighted by atomic mass is 10.2. The van der Waals surface area contributed by atoms with Gasteiger partial charge >= 0.3 is 0 Å². The summed E-state index contributed by atoms with van der Waals surface area (Å²) in [7, 11) is 0. The van der Waals surface area contributed by atoms with Crippen molar-refractivity contribution in [2.45, 2.75) is 12.5 Å². The molecule has 0 bridgehead atoms. The number of nitrogens with one attached hydrogen (secondary N) is 1. The normalized spacial score (nSPS) is 18.5.